The van der Waals surface area contributed by atoms with Crippen molar-refractivity contribution in [3.05, 3.63) is 287 Å². The van der Waals surface area contributed by atoms with Gasteiger partial charge in [-0.15, -0.1) is 0 Å². The number of rotatable bonds is 43. The summed E-state index contributed by atoms with van der Waals surface area (Å²) in [5, 5.41) is 12.4. The first-order valence-electron chi connectivity index (χ1n) is 50.7. The Kier molecular flexibility index (Phi) is 58.5. The first-order chi connectivity index (χ1) is 72.9. The number of unbranched alkanes of at least 4 members (excludes halogenated alkanes) is 2. The Morgan fingerprint density at radius 3 is 0.853 bits per heavy atom. The van der Waals surface area contributed by atoms with Crippen LogP contribution in [0.5, 0.6) is 0 Å². The number of aldehydes is 2. The monoisotopic (exact) mass is 2120 g/mol. The van der Waals surface area contributed by atoms with Crippen LogP contribution in [-0.2, 0) is 108 Å². The smallest absolute Gasteiger partial charge is 0.253 e. The van der Waals surface area contributed by atoms with Crippen molar-refractivity contribution in [3.63, 3.8) is 0 Å². The zero-order chi connectivity index (χ0) is 108. The van der Waals surface area contributed by atoms with Crippen molar-refractivity contribution in [2.75, 3.05) is 111 Å². The molecule has 35 nitrogen and oxygen atoms in total. The molecule has 0 atom stereocenters. The fourth-order valence-electron chi connectivity index (χ4n) is 14.7. The summed E-state index contributed by atoms with van der Waals surface area (Å²) in [6.45, 7) is 23.9. The van der Waals surface area contributed by atoms with Crippen LogP contribution in [0.2, 0.25) is 0 Å². The lowest BCUT2D eigenvalue weighted by Gasteiger charge is -2.11. The minimum atomic E-state index is -0.505. The minimum absolute atomic E-state index is 0.00949. The van der Waals surface area contributed by atoms with Gasteiger partial charge < -0.3 is 70.0 Å². The quantitative estimate of drug-likeness (QED) is 0.00779. The first-order valence-corrected chi connectivity index (χ1v) is 51.8. The molecule has 16 heterocycles. The van der Waals surface area contributed by atoms with Crippen molar-refractivity contribution in [3.8, 4) is 68.3 Å². The third-order valence-corrected chi connectivity index (χ3v) is 22.9. The highest BCUT2D eigenvalue weighted by Crippen LogP contribution is 2.26. The second-order valence-corrected chi connectivity index (χ2v) is 35.9. The van der Waals surface area contributed by atoms with Gasteiger partial charge in [0.15, 0.2) is 12.6 Å². The van der Waals surface area contributed by atoms with Crippen LogP contribution in [0.4, 0.5) is 0 Å². The molecule has 36 heteroatoms. The first kappa shape index (κ1) is 122. The standard InChI is InChI=1S/C21H30N4O3.C19H19N3O3.C17H20N2O2.2C15H16N2O.C12H12N2.C6H16N2O2.C5H9BrO2.C4H5NO3/c1-17-5-8-23-19(15-17)20-16-18(6-9-24-20)3-2-4-21(26)25-10-12-28-14-13-27-11-7-22;1-13-7-9-20-15(11-13)16-12-14(8-10-21-16)3-2-4-17(23)22-18(24)5-6-19(22)25;1-13-5-7-18-15(11-13)16-12-14(6-8-19-16)3-2-4-17-20-9-10-21-17;2*1-12-5-7-16-14(10-12)15-11-13(6-8-17-15)4-2-3-9-18;1-9-3-5-13-11(7-9)12-8-10(2)4-6-14-12;7-1-3-9-5-6-10-4-2-8;6-2-1-5-7-3-4-8-5;6-3-1-2-4(7)5(3)8/h5-6,8-9,15-16H,2-4,7,10-14,22H2,1H3,(H,25,26);7-12H,2-6H2,1H3;5-8,11-12,17H,2-4,9-10H2,1H3;2*5-11H,2-4H2,1H3;3-8H,1-2H3;1-8H2;5H,1-4H2;8H,1-2H2. The van der Waals surface area contributed by atoms with Gasteiger partial charge in [0.1, 0.15) is 12.6 Å². The topological polar surface area (TPSA) is 482 Å². The van der Waals surface area contributed by atoms with Gasteiger partial charge in [0, 0.05) is 164 Å². The number of nitrogens with zero attached hydrogens (tertiary/aromatic N) is 14. The second-order valence-electron chi connectivity index (χ2n) is 35.1. The van der Waals surface area contributed by atoms with Gasteiger partial charge >= 0.3 is 0 Å². The second kappa shape index (κ2) is 72.1. The highest BCUT2D eigenvalue weighted by Gasteiger charge is 2.34. The van der Waals surface area contributed by atoms with Crippen LogP contribution in [0.15, 0.2) is 220 Å². The van der Waals surface area contributed by atoms with E-state index in [0.29, 0.717) is 111 Å². The summed E-state index contributed by atoms with van der Waals surface area (Å²) in [6.07, 6.45) is 36.4. The minimum Gasteiger partial charge on any atom is -0.378 e. The number of carbonyl (C=O) groups excluding carboxylic acids is 8. The molecule has 0 aromatic carbocycles. The molecule has 12 aromatic rings. The largest absolute Gasteiger partial charge is 0.378 e. The van der Waals surface area contributed by atoms with Gasteiger partial charge in [-0.2, -0.15) is 5.06 Å². The Morgan fingerprint density at radius 1 is 0.347 bits per heavy atom. The molecule has 0 unspecified atom stereocenters. The van der Waals surface area contributed by atoms with Gasteiger partial charge in [0.25, 0.3) is 11.8 Å². The summed E-state index contributed by atoms with van der Waals surface area (Å²) >= 11 is 3.30. The molecule has 0 saturated carbocycles. The number of amides is 6. The number of hydrogen-bond donors (Lipinski definition) is 5. The van der Waals surface area contributed by atoms with Crippen molar-refractivity contribution < 1.29 is 81.5 Å². The molecule has 0 radical (unpaired) electrons. The van der Waals surface area contributed by atoms with Gasteiger partial charge in [0.2, 0.25) is 23.6 Å². The van der Waals surface area contributed by atoms with E-state index in [1.165, 1.54) is 44.5 Å². The number of nitrogens with two attached hydrogens (primary N) is 3. The van der Waals surface area contributed by atoms with Crippen LogP contribution < -0.4 is 22.5 Å². The predicted molar refractivity (Wildman–Crippen MR) is 577 cm³/mol. The third kappa shape index (κ3) is 48.5. The molecule has 8 N–H and O–H groups in total. The SMILES string of the molecule is BrCCC1OCCO1.Cc1ccnc(-c2cc(C)ccn2)c1.Cc1ccnc(-c2cc(CCCC(=O)N3C(=O)CCC3=O)ccn2)c1.Cc1ccnc(-c2cc(CCCC(=O)NCCOCCOCCN)ccn2)c1.Cc1ccnc(-c2cc(CCCC3OCCO3)ccn2)c1.Cc1ccnc(-c2cc(CCCC=O)ccn2)c1.Cc1ccnc(-c2cc(CCCC=O)ccn2)c1.NCCOCCOCCN.O=C1CCC(=O)N1O. The number of pyridine rings is 12. The number of ether oxygens (including phenoxy) is 8. The van der Waals surface area contributed by atoms with E-state index in [1.54, 1.807) is 49.6 Å². The average molecular weight is 2120 g/mol. The number of nitrogens with one attached hydrogen (secondary N) is 1. The lowest BCUT2D eigenvalue weighted by atomic mass is 10.1. The van der Waals surface area contributed by atoms with Crippen LogP contribution in [0.25, 0.3) is 68.3 Å². The van der Waals surface area contributed by atoms with Crippen LogP contribution in [0.3, 0.4) is 0 Å². The van der Waals surface area contributed by atoms with E-state index in [0.717, 1.165) is 204 Å². The number of aryl methyl sites for hydroxylation is 12. The number of imide groups is 4. The van der Waals surface area contributed by atoms with E-state index in [-0.39, 0.29) is 67.5 Å². The predicted octanol–water partition coefficient (Wildman–Crippen LogP) is 15.8. The van der Waals surface area contributed by atoms with Crippen molar-refractivity contribution >= 4 is 63.9 Å². The number of carbonyl (C=O) groups is 8. The number of alkyl halides is 1. The molecule has 4 aliphatic rings. The lowest BCUT2D eigenvalue weighted by Crippen LogP contribution is -2.35. The number of hydroxylamine groups is 2. The van der Waals surface area contributed by atoms with E-state index in [4.69, 9.17) is 60.3 Å². The third-order valence-electron chi connectivity index (χ3n) is 22.5. The number of halogens is 1. The Balaban J connectivity index is 0.000000211. The Bertz CT molecular complexity index is 5880. The van der Waals surface area contributed by atoms with Gasteiger partial charge in [-0.1, -0.05) is 15.9 Å². The van der Waals surface area contributed by atoms with E-state index >= 15 is 0 Å². The normalized spacial score (nSPS) is 12.9. The molecule has 0 spiro atoms. The summed E-state index contributed by atoms with van der Waals surface area (Å²) < 4.78 is 41.8. The molecule has 4 saturated heterocycles. The van der Waals surface area contributed by atoms with Crippen LogP contribution >= 0.6 is 15.9 Å². The summed E-state index contributed by atoms with van der Waals surface area (Å²) in [6, 6.07) is 48.1. The maximum atomic E-state index is 12.0. The molecule has 150 heavy (non-hydrogen) atoms. The molecule has 6 amide bonds. The van der Waals surface area contributed by atoms with Crippen molar-refractivity contribution in [1.82, 2.24) is 75.1 Å². The van der Waals surface area contributed by atoms with E-state index in [2.05, 4.69) is 120 Å². The number of aromatic nitrogens is 12. The summed E-state index contributed by atoms with van der Waals surface area (Å²) in [5.41, 5.74) is 40.4. The zero-order valence-corrected chi connectivity index (χ0v) is 88.7. The van der Waals surface area contributed by atoms with Crippen LogP contribution in [0.1, 0.15) is 163 Å². The van der Waals surface area contributed by atoms with E-state index < -0.39 is 17.7 Å². The molecule has 4 fully saturated rings. The van der Waals surface area contributed by atoms with Crippen LogP contribution in [-0.4, -0.2) is 246 Å². The molecular weight excluding hydrogens is 1970 g/mol. The maximum absolute atomic E-state index is 12.0. The average Bonchev–Trinajstić information content (AvgIpc) is 1.81. The molecule has 0 bridgehead atoms. The fourth-order valence-corrected chi connectivity index (χ4v) is 15.1. The van der Waals surface area contributed by atoms with Crippen molar-refractivity contribution in [2.24, 2.45) is 17.2 Å². The van der Waals surface area contributed by atoms with Crippen molar-refractivity contribution in [1.29, 1.82) is 0 Å². The highest BCUT2D eigenvalue weighted by molar-refractivity contribution is 9.09. The Labute approximate surface area is 887 Å². The fraction of sp³-hybridized carbons (Fsp3) is 0.404. The van der Waals surface area contributed by atoms with E-state index in [1.807, 2.05) is 180 Å². The molecule has 798 valence electrons. The molecule has 0 aliphatic carbocycles. The van der Waals surface area contributed by atoms with Gasteiger partial charge in [-0.25, -0.2) is 4.90 Å². The Morgan fingerprint density at radius 2 is 0.593 bits per heavy atom. The Hall–Kier alpha value is -13.4. The number of likely N-dealkylation sites (tertiary alicyclic amines) is 1. The van der Waals surface area contributed by atoms with Gasteiger partial charge in [-0.3, -0.25) is 93.8 Å². The summed E-state index contributed by atoms with van der Waals surface area (Å²) in [4.78, 5) is 141. The zero-order valence-electron chi connectivity index (χ0n) is 87.1. The molecule has 4 aliphatic heterocycles. The molecule has 12 aromatic heterocycles. The van der Waals surface area contributed by atoms with Crippen molar-refractivity contribution in [2.45, 2.75) is 189 Å². The lowest BCUT2D eigenvalue weighted by molar-refractivity contribution is -0.171. The molecular formula is C114H143BrN18O17. The summed E-state index contributed by atoms with van der Waals surface area (Å²) in [5.74, 6) is -2.14. The molecule has 16 rings (SSSR count). The summed E-state index contributed by atoms with van der Waals surface area (Å²) in [7, 11) is 0. The van der Waals surface area contributed by atoms with E-state index in [9.17, 15) is 38.4 Å². The van der Waals surface area contributed by atoms with Gasteiger partial charge in [0.05, 0.1) is 148 Å². The highest BCUT2D eigenvalue weighted by atomic mass is 79.9. The maximum Gasteiger partial charge on any atom is 0.253 e. The van der Waals surface area contributed by atoms with Gasteiger partial charge in [-0.05, 0) is 331 Å². The van der Waals surface area contributed by atoms with Crippen LogP contribution in [0, 0.1) is 48.5 Å². The number of hydrogen-bond acceptors (Lipinski definition) is 32.